The Bertz CT molecular complexity index is 1120. The van der Waals surface area contributed by atoms with Gasteiger partial charge in [-0.3, -0.25) is 14.4 Å². The average Bonchev–Trinajstić information content (AvgIpc) is 3.59. The van der Waals surface area contributed by atoms with Gasteiger partial charge in [-0.2, -0.15) is 0 Å². The number of nitrogens with zero attached hydrogens (tertiary/aromatic N) is 3. The first-order valence-corrected chi connectivity index (χ1v) is 13.4. The number of esters is 1. The maximum atomic E-state index is 13.4. The van der Waals surface area contributed by atoms with Crippen molar-refractivity contribution in [3.8, 4) is 11.3 Å². The Labute approximate surface area is 225 Å². The van der Waals surface area contributed by atoms with Crippen molar-refractivity contribution < 1.29 is 28.4 Å². The van der Waals surface area contributed by atoms with Crippen LogP contribution in [-0.2, 0) is 19.1 Å². The Hall–Kier alpha value is -2.62. The molecule has 0 aliphatic carbocycles. The quantitative estimate of drug-likeness (QED) is 0.424. The lowest BCUT2D eigenvalue weighted by Crippen LogP contribution is -2.45. The van der Waals surface area contributed by atoms with Crippen molar-refractivity contribution in [2.24, 2.45) is 5.92 Å². The van der Waals surface area contributed by atoms with Crippen molar-refractivity contribution >= 4 is 41.0 Å². The van der Waals surface area contributed by atoms with Gasteiger partial charge in [-0.15, -0.1) is 0 Å². The van der Waals surface area contributed by atoms with Gasteiger partial charge < -0.3 is 23.8 Å². The third-order valence-corrected chi connectivity index (χ3v) is 7.20. The van der Waals surface area contributed by atoms with E-state index in [1.165, 1.54) is 6.07 Å². The number of carbonyl (C=O) groups is 3. The van der Waals surface area contributed by atoms with Crippen LogP contribution < -0.4 is 0 Å². The van der Waals surface area contributed by atoms with E-state index in [4.69, 9.17) is 37.2 Å². The molecule has 2 amide bonds. The molecule has 0 bridgehead atoms. The van der Waals surface area contributed by atoms with Gasteiger partial charge in [0.05, 0.1) is 23.7 Å². The van der Waals surface area contributed by atoms with E-state index in [0.29, 0.717) is 60.6 Å². The van der Waals surface area contributed by atoms with Gasteiger partial charge in [0.15, 0.2) is 11.5 Å². The molecule has 2 aliphatic heterocycles. The molecule has 200 valence electrons. The van der Waals surface area contributed by atoms with Crippen LogP contribution in [0, 0.1) is 5.92 Å². The van der Waals surface area contributed by atoms with Gasteiger partial charge in [0, 0.05) is 55.9 Å². The van der Waals surface area contributed by atoms with Crippen LogP contribution in [-0.4, -0.2) is 78.2 Å². The minimum atomic E-state index is -0.355. The molecule has 2 saturated heterocycles. The highest BCUT2D eigenvalue weighted by Gasteiger charge is 2.31. The molecule has 1 aromatic carbocycles. The SMILES string of the molecule is CCOC(=O)[C@@H]1CCCN(C(=O)CCN(C[C@H]2CCCO2)C(=O)c2cc(-c3ccc(Cl)cc3Cl)on2)C1. The predicted molar refractivity (Wildman–Crippen MR) is 137 cm³/mol. The number of halogens is 2. The summed E-state index contributed by atoms with van der Waals surface area (Å²) in [4.78, 5) is 41.9. The highest BCUT2D eigenvalue weighted by molar-refractivity contribution is 6.36. The van der Waals surface area contributed by atoms with Crippen LogP contribution in [0.15, 0.2) is 28.8 Å². The molecule has 3 heterocycles. The lowest BCUT2D eigenvalue weighted by Gasteiger charge is -2.32. The Balaban J connectivity index is 1.43. The van der Waals surface area contributed by atoms with Crippen LogP contribution in [0.2, 0.25) is 10.0 Å². The van der Waals surface area contributed by atoms with Crippen molar-refractivity contribution in [3.63, 3.8) is 0 Å². The van der Waals surface area contributed by atoms with Crippen molar-refractivity contribution in [3.05, 3.63) is 40.0 Å². The maximum Gasteiger partial charge on any atom is 0.310 e. The van der Waals surface area contributed by atoms with E-state index in [1.807, 2.05) is 0 Å². The fraction of sp³-hybridized carbons (Fsp3) is 0.538. The molecule has 2 fully saturated rings. The zero-order chi connectivity index (χ0) is 26.4. The first kappa shape index (κ1) is 27.4. The number of rotatable bonds is 9. The highest BCUT2D eigenvalue weighted by atomic mass is 35.5. The normalized spacial score (nSPS) is 19.6. The second-order valence-corrected chi connectivity index (χ2v) is 10.1. The summed E-state index contributed by atoms with van der Waals surface area (Å²) in [5.74, 6) is -0.691. The van der Waals surface area contributed by atoms with E-state index in [9.17, 15) is 14.4 Å². The first-order valence-electron chi connectivity index (χ1n) is 12.6. The van der Waals surface area contributed by atoms with Crippen LogP contribution >= 0.6 is 23.2 Å². The molecule has 2 atom stereocenters. The molecule has 0 saturated carbocycles. The third-order valence-electron chi connectivity index (χ3n) is 6.65. The number of hydrogen-bond donors (Lipinski definition) is 0. The number of hydrogen-bond acceptors (Lipinski definition) is 7. The van der Waals surface area contributed by atoms with Crippen LogP contribution in [0.4, 0.5) is 0 Å². The minimum Gasteiger partial charge on any atom is -0.466 e. The molecule has 2 aromatic rings. The van der Waals surface area contributed by atoms with Crippen molar-refractivity contribution in [1.82, 2.24) is 15.0 Å². The summed E-state index contributed by atoms with van der Waals surface area (Å²) in [6.07, 6.45) is 3.25. The third kappa shape index (κ3) is 7.03. The first-order chi connectivity index (χ1) is 17.9. The standard InChI is InChI=1S/C26H31Cl2N3O6/c1-2-35-26(34)17-5-3-10-30(15-17)24(32)9-11-31(16-19-6-4-12-36-19)25(33)22-14-23(37-29-22)20-8-7-18(27)13-21(20)28/h7-8,13-14,17,19H,2-6,9-12,15-16H2,1H3/t17-,19-/m1/s1. The van der Waals surface area contributed by atoms with E-state index in [0.717, 1.165) is 19.3 Å². The van der Waals surface area contributed by atoms with Gasteiger partial charge in [0.2, 0.25) is 5.91 Å². The number of piperidine rings is 1. The van der Waals surface area contributed by atoms with E-state index in [-0.39, 0.29) is 48.5 Å². The van der Waals surface area contributed by atoms with E-state index >= 15 is 0 Å². The van der Waals surface area contributed by atoms with Crippen molar-refractivity contribution in [2.45, 2.75) is 45.1 Å². The molecule has 0 N–H and O–H groups in total. The van der Waals surface area contributed by atoms with Crippen LogP contribution in [0.3, 0.4) is 0 Å². The molecule has 0 spiro atoms. The molecular weight excluding hydrogens is 521 g/mol. The summed E-state index contributed by atoms with van der Waals surface area (Å²) in [5, 5.41) is 4.84. The highest BCUT2D eigenvalue weighted by Crippen LogP contribution is 2.31. The molecule has 0 radical (unpaired) electrons. The number of benzene rings is 1. The van der Waals surface area contributed by atoms with E-state index < -0.39 is 0 Å². The largest absolute Gasteiger partial charge is 0.466 e. The average molecular weight is 552 g/mol. The molecule has 37 heavy (non-hydrogen) atoms. The summed E-state index contributed by atoms with van der Waals surface area (Å²) in [6, 6.07) is 6.50. The lowest BCUT2D eigenvalue weighted by atomic mass is 9.98. The second-order valence-electron chi connectivity index (χ2n) is 9.27. The summed E-state index contributed by atoms with van der Waals surface area (Å²) in [6.45, 7) is 4.21. The lowest BCUT2D eigenvalue weighted by molar-refractivity contribution is -0.151. The van der Waals surface area contributed by atoms with Crippen LogP contribution in [0.1, 0.15) is 49.5 Å². The molecule has 1 aromatic heterocycles. The number of likely N-dealkylation sites (tertiary alicyclic amines) is 1. The fourth-order valence-corrected chi connectivity index (χ4v) is 5.21. The Morgan fingerprint density at radius 3 is 2.76 bits per heavy atom. The number of aromatic nitrogens is 1. The number of amides is 2. The Morgan fingerprint density at radius 2 is 2.03 bits per heavy atom. The minimum absolute atomic E-state index is 0.0979. The van der Waals surface area contributed by atoms with Gasteiger partial charge in [-0.25, -0.2) is 0 Å². The van der Waals surface area contributed by atoms with Crippen molar-refractivity contribution in [1.29, 1.82) is 0 Å². The molecule has 11 heteroatoms. The molecule has 0 unspecified atom stereocenters. The number of carbonyl (C=O) groups excluding carboxylic acids is 3. The maximum absolute atomic E-state index is 13.4. The van der Waals surface area contributed by atoms with Gasteiger partial charge in [-0.05, 0) is 50.8 Å². The molecular formula is C26H31Cl2N3O6. The van der Waals surface area contributed by atoms with Crippen molar-refractivity contribution in [2.75, 3.05) is 39.4 Å². The van der Waals surface area contributed by atoms with Gasteiger partial charge >= 0.3 is 5.97 Å². The topological polar surface area (TPSA) is 102 Å². The van der Waals surface area contributed by atoms with Gasteiger partial charge in [0.25, 0.3) is 5.91 Å². The molecule has 2 aliphatic rings. The smallest absolute Gasteiger partial charge is 0.310 e. The van der Waals surface area contributed by atoms with Gasteiger partial charge in [-0.1, -0.05) is 28.4 Å². The second kappa shape index (κ2) is 12.8. The van der Waals surface area contributed by atoms with E-state index in [2.05, 4.69) is 5.16 Å². The molecule has 9 nitrogen and oxygen atoms in total. The fourth-order valence-electron chi connectivity index (χ4n) is 4.71. The van der Waals surface area contributed by atoms with Crippen LogP contribution in [0.5, 0.6) is 0 Å². The Kier molecular flexibility index (Phi) is 9.45. The van der Waals surface area contributed by atoms with E-state index in [1.54, 1.807) is 34.9 Å². The summed E-state index contributed by atoms with van der Waals surface area (Å²) >= 11 is 12.3. The zero-order valence-corrected chi connectivity index (χ0v) is 22.3. The zero-order valence-electron chi connectivity index (χ0n) is 20.8. The summed E-state index contributed by atoms with van der Waals surface area (Å²) in [5.41, 5.74) is 0.687. The Morgan fingerprint density at radius 1 is 1.19 bits per heavy atom. The molecule has 4 rings (SSSR count). The van der Waals surface area contributed by atoms with Gasteiger partial charge in [0.1, 0.15) is 0 Å². The summed E-state index contributed by atoms with van der Waals surface area (Å²) < 4.78 is 16.3. The van der Waals surface area contributed by atoms with Crippen LogP contribution in [0.25, 0.3) is 11.3 Å². The predicted octanol–water partition coefficient (Wildman–Crippen LogP) is 4.46. The summed E-state index contributed by atoms with van der Waals surface area (Å²) in [7, 11) is 0. The number of ether oxygens (including phenoxy) is 2. The monoisotopic (exact) mass is 551 g/mol.